The van der Waals surface area contributed by atoms with Gasteiger partial charge in [-0.1, -0.05) is 44.2 Å². The van der Waals surface area contributed by atoms with Crippen LogP contribution < -0.4 is 16.4 Å². The van der Waals surface area contributed by atoms with E-state index in [1.165, 1.54) is 0 Å². The normalized spacial score (nSPS) is 14.3. The Morgan fingerprint density at radius 2 is 1.65 bits per heavy atom. The second kappa shape index (κ2) is 10.8. The molecule has 0 spiro atoms. The summed E-state index contributed by atoms with van der Waals surface area (Å²) in [5.41, 5.74) is 6.72. The van der Waals surface area contributed by atoms with Gasteiger partial charge in [-0.15, -0.1) is 0 Å². The van der Waals surface area contributed by atoms with Crippen molar-refractivity contribution in [2.24, 2.45) is 11.7 Å². The lowest BCUT2D eigenvalue weighted by molar-refractivity contribution is -0.141. The summed E-state index contributed by atoms with van der Waals surface area (Å²) >= 11 is 3.93. The van der Waals surface area contributed by atoms with Gasteiger partial charge < -0.3 is 21.5 Å². The van der Waals surface area contributed by atoms with E-state index in [0.29, 0.717) is 6.42 Å². The molecule has 2 amide bonds. The van der Waals surface area contributed by atoms with E-state index in [9.17, 15) is 14.4 Å². The second-order valence-electron chi connectivity index (χ2n) is 6.57. The minimum absolute atomic E-state index is 0.0556. The van der Waals surface area contributed by atoms with Crippen LogP contribution in [0.1, 0.15) is 25.8 Å². The monoisotopic (exact) mass is 381 g/mol. The van der Waals surface area contributed by atoms with Crippen LogP contribution in [0.5, 0.6) is 0 Å². The molecule has 0 unspecified atom stereocenters. The number of carbonyl (C=O) groups excluding carboxylic acids is 2. The summed E-state index contributed by atoms with van der Waals surface area (Å²) < 4.78 is 0. The van der Waals surface area contributed by atoms with Gasteiger partial charge in [-0.3, -0.25) is 9.59 Å². The lowest BCUT2D eigenvalue weighted by Gasteiger charge is -2.23. The standard InChI is InChI=1S/C18H27N3O4S/c1-11(2)8-13(19)16(22)20-14(9-12-6-4-3-5-7-12)17(23)21-15(10-26)18(24)25/h3-7,11,13-15,26H,8-10,19H2,1-2H3,(H,20,22)(H,21,23)(H,24,25)/t13-,14-,15-/m0/s1. The highest BCUT2D eigenvalue weighted by molar-refractivity contribution is 7.80. The minimum atomic E-state index is -1.19. The number of thiol groups is 1. The van der Waals surface area contributed by atoms with Gasteiger partial charge in [-0.2, -0.15) is 12.6 Å². The number of hydrogen-bond donors (Lipinski definition) is 5. The zero-order valence-corrected chi connectivity index (χ0v) is 15.9. The number of aliphatic carboxylic acids is 1. The molecule has 0 aliphatic carbocycles. The van der Waals surface area contributed by atoms with Crippen molar-refractivity contribution in [3.8, 4) is 0 Å². The van der Waals surface area contributed by atoms with Gasteiger partial charge in [0, 0.05) is 12.2 Å². The molecule has 8 heteroatoms. The van der Waals surface area contributed by atoms with E-state index in [0.717, 1.165) is 5.56 Å². The Morgan fingerprint density at radius 1 is 1.08 bits per heavy atom. The third-order valence-corrected chi connectivity index (χ3v) is 4.14. The number of rotatable bonds is 10. The molecule has 1 aromatic carbocycles. The lowest BCUT2D eigenvalue weighted by Crippen LogP contribution is -2.55. The number of nitrogens with two attached hydrogens (primary N) is 1. The molecule has 0 saturated carbocycles. The Kier molecular flexibility index (Phi) is 9.15. The topological polar surface area (TPSA) is 122 Å². The number of benzene rings is 1. The third kappa shape index (κ3) is 7.45. The fourth-order valence-electron chi connectivity index (χ4n) is 2.41. The van der Waals surface area contributed by atoms with Crippen molar-refractivity contribution in [2.45, 2.75) is 44.8 Å². The van der Waals surface area contributed by atoms with Gasteiger partial charge in [0.1, 0.15) is 12.1 Å². The fourth-order valence-corrected chi connectivity index (χ4v) is 2.66. The molecule has 0 heterocycles. The molecule has 0 fully saturated rings. The molecule has 0 aliphatic rings. The van der Waals surface area contributed by atoms with Crippen molar-refractivity contribution in [2.75, 3.05) is 5.75 Å². The van der Waals surface area contributed by atoms with Crippen LogP contribution in [0, 0.1) is 5.92 Å². The van der Waals surface area contributed by atoms with Gasteiger partial charge in [0.25, 0.3) is 0 Å². The van der Waals surface area contributed by atoms with E-state index in [4.69, 9.17) is 10.8 Å². The van der Waals surface area contributed by atoms with Crippen molar-refractivity contribution in [1.29, 1.82) is 0 Å². The van der Waals surface area contributed by atoms with E-state index in [2.05, 4.69) is 23.3 Å². The van der Waals surface area contributed by atoms with E-state index < -0.39 is 35.9 Å². The molecule has 7 nitrogen and oxygen atoms in total. The number of hydrogen-bond acceptors (Lipinski definition) is 5. The molecular weight excluding hydrogens is 354 g/mol. The summed E-state index contributed by atoms with van der Waals surface area (Å²) in [5, 5.41) is 14.1. The van der Waals surface area contributed by atoms with Crippen molar-refractivity contribution in [3.05, 3.63) is 35.9 Å². The van der Waals surface area contributed by atoms with E-state index in [1.807, 2.05) is 44.2 Å². The Labute approximate surface area is 159 Å². The first-order chi connectivity index (χ1) is 12.2. The van der Waals surface area contributed by atoms with Gasteiger partial charge in [0.05, 0.1) is 6.04 Å². The highest BCUT2D eigenvalue weighted by Crippen LogP contribution is 2.07. The predicted octanol–water partition coefficient (Wildman–Crippen LogP) is 0.587. The Morgan fingerprint density at radius 3 is 2.15 bits per heavy atom. The van der Waals surface area contributed by atoms with Crippen LogP contribution in [-0.4, -0.2) is 46.8 Å². The van der Waals surface area contributed by atoms with Crippen molar-refractivity contribution >= 4 is 30.4 Å². The smallest absolute Gasteiger partial charge is 0.327 e. The van der Waals surface area contributed by atoms with Crippen LogP contribution >= 0.6 is 12.6 Å². The van der Waals surface area contributed by atoms with Crippen LogP contribution in [0.25, 0.3) is 0 Å². The van der Waals surface area contributed by atoms with E-state index >= 15 is 0 Å². The van der Waals surface area contributed by atoms with E-state index in [1.54, 1.807) is 0 Å². The zero-order chi connectivity index (χ0) is 19.7. The van der Waals surface area contributed by atoms with Crippen molar-refractivity contribution in [3.63, 3.8) is 0 Å². The number of nitrogens with one attached hydrogen (secondary N) is 2. The van der Waals surface area contributed by atoms with Gasteiger partial charge in [-0.25, -0.2) is 4.79 Å². The van der Waals surface area contributed by atoms with Crippen LogP contribution in [0.15, 0.2) is 30.3 Å². The Hall–Kier alpha value is -2.06. The highest BCUT2D eigenvalue weighted by Gasteiger charge is 2.27. The average Bonchev–Trinajstić information content (AvgIpc) is 2.58. The molecule has 0 radical (unpaired) electrons. The maximum Gasteiger partial charge on any atom is 0.327 e. The summed E-state index contributed by atoms with van der Waals surface area (Å²) in [6, 6.07) is 6.35. The molecule has 0 saturated heterocycles. The summed E-state index contributed by atoms with van der Waals surface area (Å²) in [6.07, 6.45) is 0.714. The van der Waals surface area contributed by atoms with Crippen LogP contribution in [0.3, 0.4) is 0 Å². The second-order valence-corrected chi connectivity index (χ2v) is 6.93. The number of carbonyl (C=O) groups is 3. The fraction of sp³-hybridized carbons (Fsp3) is 0.500. The minimum Gasteiger partial charge on any atom is -0.480 e. The molecule has 26 heavy (non-hydrogen) atoms. The van der Waals surface area contributed by atoms with E-state index in [-0.39, 0.29) is 18.1 Å². The lowest BCUT2D eigenvalue weighted by atomic mass is 10.0. The van der Waals surface area contributed by atoms with Crippen molar-refractivity contribution < 1.29 is 19.5 Å². The maximum absolute atomic E-state index is 12.5. The number of carboxylic acid groups (broad SMARTS) is 1. The summed E-state index contributed by atoms with van der Waals surface area (Å²) in [7, 11) is 0. The highest BCUT2D eigenvalue weighted by atomic mass is 32.1. The zero-order valence-electron chi connectivity index (χ0n) is 15.0. The predicted molar refractivity (Wildman–Crippen MR) is 103 cm³/mol. The molecule has 144 valence electrons. The first kappa shape index (κ1) is 22.0. The molecule has 0 aliphatic heterocycles. The SMILES string of the molecule is CC(C)C[C@H](N)C(=O)N[C@@H](Cc1ccccc1)C(=O)N[C@@H](CS)C(=O)O. The molecule has 0 aromatic heterocycles. The van der Waals surface area contributed by atoms with Crippen molar-refractivity contribution in [1.82, 2.24) is 10.6 Å². The molecule has 1 rings (SSSR count). The first-order valence-electron chi connectivity index (χ1n) is 8.48. The molecule has 3 atom stereocenters. The van der Waals surface area contributed by atoms with Crippen LogP contribution in [0.2, 0.25) is 0 Å². The molecule has 5 N–H and O–H groups in total. The molecule has 1 aromatic rings. The van der Waals surface area contributed by atoms with Crippen LogP contribution in [-0.2, 0) is 20.8 Å². The van der Waals surface area contributed by atoms with Gasteiger partial charge in [-0.05, 0) is 17.9 Å². The average molecular weight is 381 g/mol. The molecule has 0 bridgehead atoms. The number of carboxylic acids is 1. The van der Waals surface area contributed by atoms with Crippen LogP contribution in [0.4, 0.5) is 0 Å². The largest absolute Gasteiger partial charge is 0.480 e. The summed E-state index contributed by atoms with van der Waals surface area (Å²) in [4.78, 5) is 36.0. The summed E-state index contributed by atoms with van der Waals surface area (Å²) in [6.45, 7) is 3.90. The molecular formula is C18H27N3O4S. The van der Waals surface area contributed by atoms with Gasteiger partial charge >= 0.3 is 5.97 Å². The van der Waals surface area contributed by atoms with Gasteiger partial charge in [0.2, 0.25) is 11.8 Å². The Bertz CT molecular complexity index is 610. The van der Waals surface area contributed by atoms with Gasteiger partial charge in [0.15, 0.2) is 0 Å². The third-order valence-electron chi connectivity index (χ3n) is 3.77. The first-order valence-corrected chi connectivity index (χ1v) is 9.11. The Balaban J connectivity index is 2.89. The quantitative estimate of drug-likeness (QED) is 0.380. The number of amides is 2. The maximum atomic E-state index is 12.5. The summed E-state index contributed by atoms with van der Waals surface area (Å²) in [5.74, 6) is -2.03.